The molecular weight excluding hydrogens is 372 g/mol. The van der Waals surface area contributed by atoms with Gasteiger partial charge in [0, 0.05) is 33.2 Å². The molecule has 1 amide bonds. The van der Waals surface area contributed by atoms with Crippen molar-refractivity contribution < 1.29 is 9.59 Å². The number of H-pyrrole nitrogens is 1. The highest BCUT2D eigenvalue weighted by Crippen LogP contribution is 2.27. The lowest BCUT2D eigenvalue weighted by Gasteiger charge is -2.07. The molecule has 2 heterocycles. The number of rotatable bonds is 5. The third-order valence-corrected chi connectivity index (χ3v) is 5.17. The molecule has 6 nitrogen and oxygen atoms in total. The number of nitrogens with zero attached hydrogens (tertiary/aromatic N) is 2. The highest BCUT2D eigenvalue weighted by molar-refractivity contribution is 7.99. The first kappa shape index (κ1) is 19.8. The van der Waals surface area contributed by atoms with Gasteiger partial charge in [-0.25, -0.2) is 9.97 Å². The van der Waals surface area contributed by atoms with Crippen LogP contribution in [0.15, 0.2) is 40.4 Å². The van der Waals surface area contributed by atoms with Gasteiger partial charge < -0.3 is 10.3 Å². The van der Waals surface area contributed by atoms with Crippen molar-refractivity contribution in [1.29, 1.82) is 0 Å². The van der Waals surface area contributed by atoms with Crippen molar-refractivity contribution in [2.45, 2.75) is 44.7 Å². The fourth-order valence-electron chi connectivity index (χ4n) is 3.15. The van der Waals surface area contributed by atoms with E-state index in [-0.39, 0.29) is 11.7 Å². The number of hydrogen-bond acceptors (Lipinski definition) is 5. The molecule has 0 fully saturated rings. The van der Waals surface area contributed by atoms with Crippen LogP contribution in [0.2, 0.25) is 0 Å². The Hall–Kier alpha value is -2.93. The van der Waals surface area contributed by atoms with Crippen LogP contribution in [-0.2, 0) is 0 Å². The molecule has 3 rings (SSSR count). The lowest BCUT2D eigenvalue weighted by Crippen LogP contribution is -2.13. The van der Waals surface area contributed by atoms with Gasteiger partial charge >= 0.3 is 0 Å². The minimum atomic E-state index is -0.272. The zero-order valence-electron chi connectivity index (χ0n) is 16.5. The minimum absolute atomic E-state index is 0.0553. The van der Waals surface area contributed by atoms with Crippen molar-refractivity contribution >= 4 is 29.1 Å². The van der Waals surface area contributed by atoms with Crippen molar-refractivity contribution in [2.24, 2.45) is 0 Å². The molecule has 0 atom stereocenters. The largest absolute Gasteiger partial charge is 0.354 e. The standard InChI is InChI=1S/C21H22N4O2S/c1-11-10-12(2)23-21(22-11)28-17-8-6-16(7-9-17)25-20(27)19-13(3)18(15(5)26)14(4)24-19/h6-10,24H,1-5H3,(H,25,27). The highest BCUT2D eigenvalue weighted by atomic mass is 32.2. The summed E-state index contributed by atoms with van der Waals surface area (Å²) in [6.07, 6.45) is 0. The number of amides is 1. The fraction of sp³-hybridized carbons (Fsp3) is 0.238. The van der Waals surface area contributed by atoms with Gasteiger partial charge in [-0.2, -0.15) is 0 Å². The molecule has 0 saturated heterocycles. The molecule has 0 aliphatic rings. The Bertz CT molecular complexity index is 1030. The van der Waals surface area contributed by atoms with Crippen molar-refractivity contribution in [3.8, 4) is 0 Å². The predicted molar refractivity (Wildman–Crippen MR) is 110 cm³/mol. The van der Waals surface area contributed by atoms with E-state index in [4.69, 9.17) is 0 Å². The fourth-order valence-corrected chi connectivity index (χ4v) is 4.01. The summed E-state index contributed by atoms with van der Waals surface area (Å²) in [5.74, 6) is -0.327. The summed E-state index contributed by atoms with van der Waals surface area (Å²) in [7, 11) is 0. The molecule has 0 radical (unpaired) electrons. The van der Waals surface area contributed by atoms with Crippen molar-refractivity contribution in [3.05, 3.63) is 64.2 Å². The molecule has 0 aliphatic heterocycles. The Morgan fingerprint density at radius 1 is 1.00 bits per heavy atom. The van der Waals surface area contributed by atoms with Crippen molar-refractivity contribution in [2.75, 3.05) is 5.32 Å². The molecule has 0 saturated carbocycles. The van der Waals surface area contributed by atoms with Crippen LogP contribution in [0.5, 0.6) is 0 Å². The van der Waals surface area contributed by atoms with E-state index in [9.17, 15) is 9.59 Å². The van der Waals surface area contributed by atoms with Crippen LogP contribution in [-0.4, -0.2) is 26.6 Å². The summed E-state index contributed by atoms with van der Waals surface area (Å²) < 4.78 is 0. The second kappa shape index (κ2) is 7.98. The van der Waals surface area contributed by atoms with Gasteiger partial charge in [-0.3, -0.25) is 9.59 Å². The molecular formula is C21H22N4O2S. The van der Waals surface area contributed by atoms with Crippen molar-refractivity contribution in [1.82, 2.24) is 15.0 Å². The quantitative estimate of drug-likeness (QED) is 0.486. The van der Waals surface area contributed by atoms with Gasteiger partial charge in [-0.15, -0.1) is 0 Å². The topological polar surface area (TPSA) is 87.7 Å². The van der Waals surface area contributed by atoms with E-state index in [1.54, 1.807) is 13.8 Å². The summed E-state index contributed by atoms with van der Waals surface area (Å²) in [5, 5.41) is 3.56. The number of carbonyl (C=O) groups is 2. The molecule has 7 heteroatoms. The maximum Gasteiger partial charge on any atom is 0.272 e. The number of nitrogens with one attached hydrogen (secondary N) is 2. The van der Waals surface area contributed by atoms with Crippen LogP contribution in [0.3, 0.4) is 0 Å². The number of carbonyl (C=O) groups excluding carboxylic acids is 2. The molecule has 2 N–H and O–H groups in total. The van der Waals surface area contributed by atoms with Crippen LogP contribution in [0.1, 0.15) is 50.4 Å². The average molecular weight is 395 g/mol. The van der Waals surface area contributed by atoms with E-state index in [0.717, 1.165) is 16.3 Å². The zero-order chi connectivity index (χ0) is 20.4. The van der Waals surface area contributed by atoms with Crippen LogP contribution in [0.25, 0.3) is 0 Å². The van der Waals surface area contributed by atoms with E-state index < -0.39 is 0 Å². The normalized spacial score (nSPS) is 10.8. The second-order valence-electron chi connectivity index (χ2n) is 6.70. The lowest BCUT2D eigenvalue weighted by atomic mass is 10.1. The van der Waals surface area contributed by atoms with Gasteiger partial charge in [-0.05, 0) is 82.3 Å². The van der Waals surface area contributed by atoms with E-state index in [0.29, 0.717) is 33.4 Å². The molecule has 144 valence electrons. The number of benzene rings is 1. The number of hydrogen-bond donors (Lipinski definition) is 2. The number of aromatic amines is 1. The highest BCUT2D eigenvalue weighted by Gasteiger charge is 2.19. The Morgan fingerprint density at radius 3 is 2.14 bits per heavy atom. The van der Waals surface area contributed by atoms with E-state index in [1.165, 1.54) is 18.7 Å². The molecule has 1 aromatic carbocycles. The maximum absolute atomic E-state index is 12.6. The smallest absolute Gasteiger partial charge is 0.272 e. The van der Waals surface area contributed by atoms with Crippen LogP contribution in [0, 0.1) is 27.7 Å². The molecule has 3 aromatic rings. The molecule has 2 aromatic heterocycles. The van der Waals surface area contributed by atoms with Crippen LogP contribution >= 0.6 is 11.8 Å². The summed E-state index contributed by atoms with van der Waals surface area (Å²) in [5.41, 5.74) is 4.89. The zero-order valence-corrected chi connectivity index (χ0v) is 17.3. The number of Topliss-reactive ketones (excluding diaryl/α,β-unsaturated/α-hetero) is 1. The number of aromatic nitrogens is 3. The van der Waals surface area contributed by atoms with E-state index in [2.05, 4.69) is 20.3 Å². The maximum atomic E-state index is 12.6. The number of anilines is 1. The number of ketones is 1. The first-order chi connectivity index (χ1) is 13.2. The second-order valence-corrected chi connectivity index (χ2v) is 7.74. The Morgan fingerprint density at radius 2 is 1.61 bits per heavy atom. The van der Waals surface area contributed by atoms with Crippen LogP contribution < -0.4 is 5.32 Å². The Labute approximate surface area is 168 Å². The number of aryl methyl sites for hydroxylation is 3. The molecule has 0 spiro atoms. The summed E-state index contributed by atoms with van der Waals surface area (Å²) in [6, 6.07) is 9.43. The molecule has 28 heavy (non-hydrogen) atoms. The van der Waals surface area contributed by atoms with Crippen LogP contribution in [0.4, 0.5) is 5.69 Å². The Balaban J connectivity index is 1.73. The molecule has 0 aliphatic carbocycles. The summed E-state index contributed by atoms with van der Waals surface area (Å²) >= 11 is 1.47. The molecule has 0 bridgehead atoms. The van der Waals surface area contributed by atoms with Gasteiger partial charge in [-0.1, -0.05) is 0 Å². The van der Waals surface area contributed by atoms with Gasteiger partial charge in [0.1, 0.15) is 5.69 Å². The first-order valence-electron chi connectivity index (χ1n) is 8.86. The first-order valence-corrected chi connectivity index (χ1v) is 9.68. The third kappa shape index (κ3) is 4.31. The Kier molecular flexibility index (Phi) is 5.65. The van der Waals surface area contributed by atoms with Crippen molar-refractivity contribution in [3.63, 3.8) is 0 Å². The minimum Gasteiger partial charge on any atom is -0.354 e. The SMILES string of the molecule is CC(=O)c1c(C)[nH]c(C(=O)Nc2ccc(Sc3nc(C)cc(C)n3)cc2)c1C. The average Bonchev–Trinajstić information content (AvgIpc) is 2.90. The predicted octanol–water partition coefficient (Wildman–Crippen LogP) is 4.64. The van der Waals surface area contributed by atoms with E-state index in [1.807, 2.05) is 44.2 Å². The van der Waals surface area contributed by atoms with Gasteiger partial charge in [0.15, 0.2) is 10.9 Å². The summed E-state index contributed by atoms with van der Waals surface area (Å²) in [4.78, 5) is 37.2. The summed E-state index contributed by atoms with van der Waals surface area (Å²) in [6.45, 7) is 8.96. The van der Waals surface area contributed by atoms with E-state index >= 15 is 0 Å². The lowest BCUT2D eigenvalue weighted by molar-refractivity contribution is 0.101. The van der Waals surface area contributed by atoms with Gasteiger partial charge in [0.2, 0.25) is 0 Å². The van der Waals surface area contributed by atoms with Gasteiger partial charge in [0.05, 0.1) is 0 Å². The monoisotopic (exact) mass is 394 g/mol. The van der Waals surface area contributed by atoms with Gasteiger partial charge in [0.25, 0.3) is 5.91 Å². The third-order valence-electron chi connectivity index (χ3n) is 4.30. The molecule has 0 unspecified atom stereocenters.